The van der Waals surface area contributed by atoms with E-state index >= 15 is 0 Å². The van der Waals surface area contributed by atoms with Gasteiger partial charge in [-0.15, -0.1) is 0 Å². The molecule has 0 saturated carbocycles. The number of rotatable bonds is 4. The number of aromatic hydroxyl groups is 1. The monoisotopic (exact) mass is 269 g/mol. The van der Waals surface area contributed by atoms with E-state index in [1.807, 2.05) is 6.07 Å². The summed E-state index contributed by atoms with van der Waals surface area (Å²) in [6.45, 7) is 2.99. The van der Waals surface area contributed by atoms with Crippen LogP contribution in [0.3, 0.4) is 0 Å². The standard InChI is InChI=1S/C14H20ClNO2/c1-2-3-12-8-11(6-7-18-12)16-10-4-5-14(17)13(15)9-10/h4-5,9,11-12,16-17H,2-3,6-8H2,1H3. The molecule has 0 aromatic heterocycles. The molecule has 1 aliphatic rings. The van der Waals surface area contributed by atoms with E-state index in [0.717, 1.165) is 38.0 Å². The van der Waals surface area contributed by atoms with Crippen molar-refractivity contribution >= 4 is 17.3 Å². The minimum atomic E-state index is 0.123. The van der Waals surface area contributed by atoms with E-state index in [0.29, 0.717) is 17.2 Å². The molecule has 18 heavy (non-hydrogen) atoms. The number of phenolic OH excluding ortho intramolecular Hbond substituents is 1. The first-order chi connectivity index (χ1) is 8.69. The van der Waals surface area contributed by atoms with Gasteiger partial charge in [-0.3, -0.25) is 0 Å². The van der Waals surface area contributed by atoms with Crippen molar-refractivity contribution in [3.05, 3.63) is 23.2 Å². The summed E-state index contributed by atoms with van der Waals surface area (Å²) in [4.78, 5) is 0. The van der Waals surface area contributed by atoms with Gasteiger partial charge in [-0.25, -0.2) is 0 Å². The Morgan fingerprint density at radius 1 is 1.50 bits per heavy atom. The normalized spacial score (nSPS) is 23.9. The van der Waals surface area contributed by atoms with Crippen molar-refractivity contribution in [3.63, 3.8) is 0 Å². The third kappa shape index (κ3) is 3.53. The molecule has 0 amide bonds. The SMILES string of the molecule is CCCC1CC(Nc2ccc(O)c(Cl)c2)CCO1. The van der Waals surface area contributed by atoms with Crippen LogP contribution in [0.1, 0.15) is 32.6 Å². The third-order valence-corrected chi connectivity index (χ3v) is 3.60. The molecule has 3 nitrogen and oxygen atoms in total. The molecule has 1 fully saturated rings. The van der Waals surface area contributed by atoms with Gasteiger partial charge in [-0.1, -0.05) is 24.9 Å². The van der Waals surface area contributed by atoms with Crippen LogP contribution >= 0.6 is 11.6 Å². The van der Waals surface area contributed by atoms with Gasteiger partial charge in [0.05, 0.1) is 11.1 Å². The quantitative estimate of drug-likeness (QED) is 0.817. The zero-order valence-electron chi connectivity index (χ0n) is 10.7. The molecule has 4 heteroatoms. The molecule has 1 aromatic carbocycles. The lowest BCUT2D eigenvalue weighted by molar-refractivity contribution is 0.00598. The van der Waals surface area contributed by atoms with Crippen molar-refractivity contribution in [3.8, 4) is 5.75 Å². The van der Waals surface area contributed by atoms with E-state index in [2.05, 4.69) is 12.2 Å². The summed E-state index contributed by atoms with van der Waals surface area (Å²) in [6.07, 6.45) is 4.69. The molecule has 2 atom stereocenters. The number of anilines is 1. The Morgan fingerprint density at radius 3 is 3.06 bits per heavy atom. The summed E-state index contributed by atoms with van der Waals surface area (Å²) in [6, 6.07) is 5.66. The second kappa shape index (κ2) is 6.30. The molecule has 2 rings (SSSR count). The molecule has 1 saturated heterocycles. The van der Waals surface area contributed by atoms with Crippen LogP contribution in [-0.2, 0) is 4.74 Å². The fraction of sp³-hybridized carbons (Fsp3) is 0.571. The highest BCUT2D eigenvalue weighted by atomic mass is 35.5. The lowest BCUT2D eigenvalue weighted by atomic mass is 10.00. The Morgan fingerprint density at radius 2 is 2.33 bits per heavy atom. The number of nitrogens with one attached hydrogen (secondary N) is 1. The van der Waals surface area contributed by atoms with Gasteiger partial charge in [0.2, 0.25) is 0 Å². The lowest BCUT2D eigenvalue weighted by Gasteiger charge is -2.30. The largest absolute Gasteiger partial charge is 0.506 e. The van der Waals surface area contributed by atoms with Crippen molar-refractivity contribution in [2.24, 2.45) is 0 Å². The summed E-state index contributed by atoms with van der Waals surface area (Å²) in [5, 5.41) is 13.2. The maximum atomic E-state index is 9.38. The minimum absolute atomic E-state index is 0.123. The second-order valence-corrected chi connectivity index (χ2v) is 5.22. The smallest absolute Gasteiger partial charge is 0.134 e. The van der Waals surface area contributed by atoms with E-state index in [9.17, 15) is 5.11 Å². The number of phenols is 1. The Labute approximate surface area is 113 Å². The third-order valence-electron chi connectivity index (χ3n) is 3.30. The summed E-state index contributed by atoms with van der Waals surface area (Å²) in [5.41, 5.74) is 0.958. The number of hydrogen-bond acceptors (Lipinski definition) is 3. The zero-order chi connectivity index (χ0) is 13.0. The van der Waals surface area contributed by atoms with Crippen LogP contribution in [0.2, 0.25) is 5.02 Å². The fourth-order valence-electron chi connectivity index (χ4n) is 2.37. The van der Waals surface area contributed by atoms with Crippen LogP contribution in [0.5, 0.6) is 5.75 Å². The van der Waals surface area contributed by atoms with Crippen LogP contribution in [0.25, 0.3) is 0 Å². The van der Waals surface area contributed by atoms with Gasteiger partial charge in [0, 0.05) is 18.3 Å². The highest BCUT2D eigenvalue weighted by molar-refractivity contribution is 6.32. The van der Waals surface area contributed by atoms with Crippen LogP contribution in [0.15, 0.2) is 18.2 Å². The molecule has 0 radical (unpaired) electrons. The van der Waals surface area contributed by atoms with E-state index in [1.165, 1.54) is 0 Å². The van der Waals surface area contributed by atoms with Gasteiger partial charge < -0.3 is 15.2 Å². The maximum absolute atomic E-state index is 9.38. The molecule has 100 valence electrons. The molecular formula is C14H20ClNO2. The number of hydrogen-bond donors (Lipinski definition) is 2. The van der Waals surface area contributed by atoms with Crippen molar-refractivity contribution in [1.82, 2.24) is 0 Å². The second-order valence-electron chi connectivity index (χ2n) is 4.81. The predicted molar refractivity (Wildman–Crippen MR) is 74.4 cm³/mol. The molecule has 0 aliphatic carbocycles. The lowest BCUT2D eigenvalue weighted by Crippen LogP contribution is -2.33. The molecule has 0 spiro atoms. The first kappa shape index (κ1) is 13.5. The van der Waals surface area contributed by atoms with Crippen molar-refractivity contribution < 1.29 is 9.84 Å². The van der Waals surface area contributed by atoms with Crippen molar-refractivity contribution in [1.29, 1.82) is 0 Å². The summed E-state index contributed by atoms with van der Waals surface area (Å²) < 4.78 is 5.72. The predicted octanol–water partition coefficient (Wildman–Crippen LogP) is 3.81. The maximum Gasteiger partial charge on any atom is 0.134 e. The van der Waals surface area contributed by atoms with Crippen LogP contribution < -0.4 is 5.32 Å². The average Bonchev–Trinajstić information content (AvgIpc) is 2.35. The van der Waals surface area contributed by atoms with Gasteiger partial charge >= 0.3 is 0 Å². The summed E-state index contributed by atoms with van der Waals surface area (Å²) in [5.74, 6) is 0.123. The van der Waals surface area contributed by atoms with Gasteiger partial charge in [-0.2, -0.15) is 0 Å². The molecule has 1 heterocycles. The van der Waals surface area contributed by atoms with Crippen LogP contribution in [0.4, 0.5) is 5.69 Å². The van der Waals surface area contributed by atoms with E-state index < -0.39 is 0 Å². The first-order valence-electron chi connectivity index (χ1n) is 6.55. The Balaban J connectivity index is 1.93. The molecular weight excluding hydrogens is 250 g/mol. The Bertz CT molecular complexity index is 395. The van der Waals surface area contributed by atoms with Crippen LogP contribution in [-0.4, -0.2) is 23.9 Å². The average molecular weight is 270 g/mol. The number of benzene rings is 1. The van der Waals surface area contributed by atoms with Gasteiger partial charge in [-0.05, 0) is 37.5 Å². The fourth-order valence-corrected chi connectivity index (χ4v) is 2.55. The highest BCUT2D eigenvalue weighted by Gasteiger charge is 2.21. The van der Waals surface area contributed by atoms with Gasteiger partial charge in [0.15, 0.2) is 0 Å². The van der Waals surface area contributed by atoms with E-state index in [4.69, 9.17) is 16.3 Å². The van der Waals surface area contributed by atoms with Crippen LogP contribution in [0, 0.1) is 0 Å². The molecule has 0 bridgehead atoms. The van der Waals surface area contributed by atoms with Crippen molar-refractivity contribution in [2.45, 2.75) is 44.8 Å². The van der Waals surface area contributed by atoms with Crippen molar-refractivity contribution in [2.75, 3.05) is 11.9 Å². The van der Waals surface area contributed by atoms with E-state index in [-0.39, 0.29) is 5.75 Å². The highest BCUT2D eigenvalue weighted by Crippen LogP contribution is 2.28. The molecule has 1 aromatic rings. The Kier molecular flexibility index (Phi) is 4.72. The Hall–Kier alpha value is -0.930. The molecule has 2 unspecified atom stereocenters. The molecule has 1 aliphatic heterocycles. The minimum Gasteiger partial charge on any atom is -0.506 e. The summed E-state index contributed by atoms with van der Waals surface area (Å²) in [7, 11) is 0. The van der Waals surface area contributed by atoms with E-state index in [1.54, 1.807) is 12.1 Å². The van der Waals surface area contributed by atoms with Gasteiger partial charge in [0.1, 0.15) is 5.75 Å². The number of halogens is 1. The topological polar surface area (TPSA) is 41.5 Å². The summed E-state index contributed by atoms with van der Waals surface area (Å²) >= 11 is 5.90. The number of ether oxygens (including phenoxy) is 1. The van der Waals surface area contributed by atoms with Gasteiger partial charge in [0.25, 0.3) is 0 Å². The molecule has 2 N–H and O–H groups in total. The first-order valence-corrected chi connectivity index (χ1v) is 6.93. The zero-order valence-corrected chi connectivity index (χ0v) is 11.4.